The van der Waals surface area contributed by atoms with Gasteiger partial charge < -0.3 is 0 Å². The molecule has 0 fully saturated rings. The van der Waals surface area contributed by atoms with E-state index in [1.807, 2.05) is 39.7 Å². The molecule has 2 aromatic carbocycles. The first kappa shape index (κ1) is 20.5. The van der Waals surface area contributed by atoms with E-state index in [4.69, 9.17) is 5.10 Å². The Balaban J connectivity index is 1.83. The van der Waals surface area contributed by atoms with E-state index < -0.39 is 0 Å². The Morgan fingerprint density at radius 2 is 1.81 bits per heavy atom. The zero-order valence-corrected chi connectivity index (χ0v) is 19.1. The van der Waals surface area contributed by atoms with Gasteiger partial charge in [-0.1, -0.05) is 56.3 Å². The van der Waals surface area contributed by atoms with Crippen LogP contribution in [0.2, 0.25) is 0 Å². The van der Waals surface area contributed by atoms with Crippen LogP contribution in [0.15, 0.2) is 68.9 Å². The highest BCUT2D eigenvalue weighted by Gasteiger charge is 2.23. The molecular weight excluding hydrogens is 420 g/mol. The number of fused-ring (bicyclic) bond motifs is 2. The van der Waals surface area contributed by atoms with Crippen LogP contribution in [-0.4, -0.2) is 18.9 Å². The van der Waals surface area contributed by atoms with Gasteiger partial charge in [0.05, 0.1) is 12.2 Å². The van der Waals surface area contributed by atoms with E-state index in [0.717, 1.165) is 27.6 Å². The molecule has 0 unspecified atom stereocenters. The number of hydrogen-bond acceptors (Lipinski definition) is 4. The minimum absolute atomic E-state index is 0.237. The number of aromatic nitrogens is 4. The predicted molar refractivity (Wildman–Crippen MR) is 130 cm³/mol. The van der Waals surface area contributed by atoms with Gasteiger partial charge in [-0.2, -0.15) is 16.4 Å². The molecule has 32 heavy (non-hydrogen) atoms. The molecule has 0 atom stereocenters. The maximum atomic E-state index is 13.3. The van der Waals surface area contributed by atoms with Crippen LogP contribution in [0.3, 0.4) is 0 Å². The minimum atomic E-state index is -0.331. The van der Waals surface area contributed by atoms with E-state index >= 15 is 0 Å². The fourth-order valence-corrected chi connectivity index (χ4v) is 4.93. The summed E-state index contributed by atoms with van der Waals surface area (Å²) in [6.07, 6.45) is 0. The lowest BCUT2D eigenvalue weighted by Gasteiger charge is -2.10. The van der Waals surface area contributed by atoms with Gasteiger partial charge in [0.2, 0.25) is 0 Å². The summed E-state index contributed by atoms with van der Waals surface area (Å²) in [6, 6.07) is 16.5. The van der Waals surface area contributed by atoms with Crippen LogP contribution in [0.4, 0.5) is 0 Å². The molecule has 0 radical (unpaired) electrons. The monoisotopic (exact) mass is 444 g/mol. The van der Waals surface area contributed by atoms with Crippen molar-refractivity contribution in [2.45, 2.75) is 26.9 Å². The van der Waals surface area contributed by atoms with Gasteiger partial charge in [0.25, 0.3) is 5.56 Å². The number of hydrogen-bond donors (Lipinski definition) is 0. The maximum Gasteiger partial charge on any atom is 0.332 e. The second-order valence-electron chi connectivity index (χ2n) is 8.51. The Morgan fingerprint density at radius 1 is 1.03 bits per heavy atom. The fraction of sp³-hybridized carbons (Fsp3) is 0.240. The molecule has 6 nitrogen and oxygen atoms in total. The van der Waals surface area contributed by atoms with Crippen molar-refractivity contribution < 1.29 is 0 Å². The van der Waals surface area contributed by atoms with E-state index in [9.17, 15) is 9.59 Å². The van der Waals surface area contributed by atoms with Crippen LogP contribution in [-0.2, 0) is 20.1 Å². The third kappa shape index (κ3) is 3.29. The number of benzene rings is 2. The summed E-state index contributed by atoms with van der Waals surface area (Å²) in [7, 11) is 1.54. The molecule has 3 heterocycles. The summed E-state index contributed by atoms with van der Waals surface area (Å²) in [5.41, 5.74) is 2.62. The molecule has 0 bridgehead atoms. The average molecular weight is 445 g/mol. The summed E-state index contributed by atoms with van der Waals surface area (Å²) in [5.74, 6) is 0.237. The van der Waals surface area contributed by atoms with Crippen molar-refractivity contribution >= 4 is 33.1 Å². The molecule has 0 spiro atoms. The zero-order chi connectivity index (χ0) is 22.4. The molecule has 0 saturated carbocycles. The third-order valence-corrected chi connectivity index (χ3v) is 6.45. The lowest BCUT2D eigenvalue weighted by molar-refractivity contribution is 0.498. The van der Waals surface area contributed by atoms with E-state index in [1.165, 1.54) is 4.57 Å². The summed E-state index contributed by atoms with van der Waals surface area (Å²) in [5, 5.41) is 11.7. The summed E-state index contributed by atoms with van der Waals surface area (Å²) in [6.45, 7) is 5.10. The van der Waals surface area contributed by atoms with Crippen LogP contribution in [0, 0.1) is 5.92 Å². The highest BCUT2D eigenvalue weighted by molar-refractivity contribution is 7.08. The Labute approximate surface area is 189 Å². The molecule has 7 heteroatoms. The molecule has 0 amide bonds. The first-order valence-electron chi connectivity index (χ1n) is 10.6. The van der Waals surface area contributed by atoms with Crippen molar-refractivity contribution in [3.8, 4) is 11.3 Å². The van der Waals surface area contributed by atoms with E-state index in [0.29, 0.717) is 24.1 Å². The zero-order valence-electron chi connectivity index (χ0n) is 18.3. The van der Waals surface area contributed by atoms with Gasteiger partial charge >= 0.3 is 5.69 Å². The Hall–Kier alpha value is -3.45. The van der Waals surface area contributed by atoms with Gasteiger partial charge in [0, 0.05) is 24.5 Å². The quantitative estimate of drug-likeness (QED) is 0.401. The topological polar surface area (TPSA) is 61.8 Å². The largest absolute Gasteiger partial charge is 0.332 e. The van der Waals surface area contributed by atoms with Crippen molar-refractivity contribution in [1.82, 2.24) is 18.9 Å². The Kier molecular flexibility index (Phi) is 5.06. The van der Waals surface area contributed by atoms with Gasteiger partial charge in [0.15, 0.2) is 5.65 Å². The standard InChI is InChI=1S/C25H24N4O2S/c1-16(2)13-28-23-21(24(30)27(3)25(28)31)22(19-11-12-32-15-19)29(26-23)14-18-9-6-8-17-7-4-5-10-20(17)18/h4-12,15-16H,13-14H2,1-3H3. The lowest BCUT2D eigenvalue weighted by atomic mass is 10.0. The number of thiophene rings is 1. The van der Waals surface area contributed by atoms with Gasteiger partial charge in [-0.3, -0.25) is 18.6 Å². The van der Waals surface area contributed by atoms with Crippen LogP contribution in [0.25, 0.3) is 33.1 Å². The Morgan fingerprint density at radius 3 is 2.56 bits per heavy atom. The number of nitrogens with zero attached hydrogens (tertiary/aromatic N) is 4. The lowest BCUT2D eigenvalue weighted by Crippen LogP contribution is -2.38. The van der Waals surface area contributed by atoms with Gasteiger partial charge in [-0.05, 0) is 33.7 Å². The molecule has 0 aliphatic heterocycles. The fourth-order valence-electron chi connectivity index (χ4n) is 4.29. The molecule has 0 saturated heterocycles. The van der Waals surface area contributed by atoms with Crippen molar-refractivity contribution in [3.05, 3.63) is 85.7 Å². The maximum absolute atomic E-state index is 13.3. The smallest absolute Gasteiger partial charge is 0.276 e. The SMILES string of the molecule is CC(C)Cn1c(=O)n(C)c(=O)c2c(-c3ccsc3)n(Cc3cccc4ccccc34)nc21. The molecule has 0 aliphatic rings. The van der Waals surface area contributed by atoms with Crippen molar-refractivity contribution in [2.75, 3.05) is 0 Å². The van der Waals surface area contributed by atoms with Gasteiger partial charge in [-0.25, -0.2) is 4.79 Å². The second-order valence-corrected chi connectivity index (χ2v) is 9.29. The van der Waals surface area contributed by atoms with Gasteiger partial charge in [-0.15, -0.1) is 0 Å². The van der Waals surface area contributed by atoms with Gasteiger partial charge in [0.1, 0.15) is 5.39 Å². The van der Waals surface area contributed by atoms with Crippen LogP contribution >= 0.6 is 11.3 Å². The first-order valence-corrected chi connectivity index (χ1v) is 11.6. The third-order valence-electron chi connectivity index (χ3n) is 5.77. The summed E-state index contributed by atoms with van der Waals surface area (Å²) in [4.78, 5) is 26.2. The molecule has 5 rings (SSSR count). The molecule has 3 aromatic heterocycles. The average Bonchev–Trinajstić information content (AvgIpc) is 3.43. The molecule has 0 aliphatic carbocycles. The van der Waals surface area contributed by atoms with E-state index in [1.54, 1.807) is 23.0 Å². The second kappa shape index (κ2) is 7.91. The molecule has 162 valence electrons. The minimum Gasteiger partial charge on any atom is -0.276 e. The molecule has 5 aromatic rings. The van der Waals surface area contributed by atoms with Crippen molar-refractivity contribution in [3.63, 3.8) is 0 Å². The van der Waals surface area contributed by atoms with Crippen LogP contribution in [0.1, 0.15) is 19.4 Å². The number of rotatable bonds is 5. The van der Waals surface area contributed by atoms with Crippen LogP contribution < -0.4 is 11.2 Å². The Bertz CT molecular complexity index is 1550. The molecule has 0 N–H and O–H groups in total. The highest BCUT2D eigenvalue weighted by Crippen LogP contribution is 2.30. The van der Waals surface area contributed by atoms with E-state index in [-0.39, 0.29) is 17.2 Å². The summed E-state index contributed by atoms with van der Waals surface area (Å²) >= 11 is 1.57. The molecular formula is C25H24N4O2S. The van der Waals surface area contributed by atoms with Crippen LogP contribution in [0.5, 0.6) is 0 Å². The first-order chi connectivity index (χ1) is 15.5. The van der Waals surface area contributed by atoms with Crippen molar-refractivity contribution in [2.24, 2.45) is 13.0 Å². The van der Waals surface area contributed by atoms with Crippen molar-refractivity contribution in [1.29, 1.82) is 0 Å². The van der Waals surface area contributed by atoms with E-state index in [2.05, 4.69) is 38.1 Å². The normalized spacial score (nSPS) is 11.8. The summed E-state index contributed by atoms with van der Waals surface area (Å²) < 4.78 is 4.72. The predicted octanol–water partition coefficient (Wildman–Crippen LogP) is 4.48. The highest BCUT2D eigenvalue weighted by atomic mass is 32.1.